The summed E-state index contributed by atoms with van der Waals surface area (Å²) in [5, 5.41) is 6.53. The molecule has 0 bridgehead atoms. The maximum absolute atomic E-state index is 14.1. The second-order valence-corrected chi connectivity index (χ2v) is 8.21. The van der Waals surface area contributed by atoms with Gasteiger partial charge in [0.15, 0.2) is 0 Å². The summed E-state index contributed by atoms with van der Waals surface area (Å²) in [4.78, 5) is 22.8. The van der Waals surface area contributed by atoms with E-state index in [1.54, 1.807) is 37.5 Å². The van der Waals surface area contributed by atoms with E-state index in [1.807, 2.05) is 6.07 Å². The zero-order valence-corrected chi connectivity index (χ0v) is 17.6. The van der Waals surface area contributed by atoms with Crippen molar-refractivity contribution in [2.75, 3.05) is 24.3 Å². The predicted octanol–water partition coefficient (Wildman–Crippen LogP) is 3.96. The van der Waals surface area contributed by atoms with Gasteiger partial charge in [-0.15, -0.1) is 0 Å². The SMILES string of the molecule is CC(C)c1cc(NC2CCC(NC(=O)c3ccc(N(C)C)c(F)c3)CC2)ncn1. The van der Waals surface area contributed by atoms with Crippen molar-refractivity contribution in [1.82, 2.24) is 15.3 Å². The number of halogens is 1. The van der Waals surface area contributed by atoms with Crippen molar-refractivity contribution in [3.8, 4) is 0 Å². The van der Waals surface area contributed by atoms with Crippen LogP contribution < -0.4 is 15.5 Å². The van der Waals surface area contributed by atoms with Crippen LogP contribution in [0.15, 0.2) is 30.6 Å². The summed E-state index contributed by atoms with van der Waals surface area (Å²) in [5.74, 6) is 0.609. The van der Waals surface area contributed by atoms with Gasteiger partial charge in [-0.1, -0.05) is 13.8 Å². The Labute approximate surface area is 171 Å². The van der Waals surface area contributed by atoms with Crippen molar-refractivity contribution in [1.29, 1.82) is 0 Å². The number of benzene rings is 1. The van der Waals surface area contributed by atoms with Crippen LogP contribution in [0.3, 0.4) is 0 Å². The summed E-state index contributed by atoms with van der Waals surface area (Å²) in [6.45, 7) is 4.22. The molecule has 1 aromatic heterocycles. The zero-order chi connectivity index (χ0) is 21.0. The molecule has 1 fully saturated rings. The maximum atomic E-state index is 14.1. The average molecular weight is 400 g/mol. The van der Waals surface area contributed by atoms with Gasteiger partial charge in [0.25, 0.3) is 5.91 Å². The third-order valence-corrected chi connectivity index (χ3v) is 5.39. The Morgan fingerprint density at radius 2 is 1.79 bits per heavy atom. The van der Waals surface area contributed by atoms with Gasteiger partial charge in [0.05, 0.1) is 5.69 Å². The summed E-state index contributed by atoms with van der Waals surface area (Å²) in [6.07, 6.45) is 5.25. The van der Waals surface area contributed by atoms with Gasteiger partial charge in [0.2, 0.25) is 0 Å². The van der Waals surface area contributed by atoms with Crippen LogP contribution in [0.5, 0.6) is 0 Å². The van der Waals surface area contributed by atoms with Crippen molar-refractivity contribution in [3.05, 3.63) is 47.7 Å². The van der Waals surface area contributed by atoms with E-state index >= 15 is 0 Å². The van der Waals surface area contributed by atoms with E-state index in [2.05, 4.69) is 34.4 Å². The van der Waals surface area contributed by atoms with Crippen molar-refractivity contribution in [3.63, 3.8) is 0 Å². The second-order valence-electron chi connectivity index (χ2n) is 8.21. The van der Waals surface area contributed by atoms with Gasteiger partial charge in [0, 0.05) is 43.5 Å². The first-order chi connectivity index (χ1) is 13.8. The lowest BCUT2D eigenvalue weighted by atomic mass is 9.91. The van der Waals surface area contributed by atoms with Gasteiger partial charge >= 0.3 is 0 Å². The van der Waals surface area contributed by atoms with Crippen LogP contribution in [-0.4, -0.2) is 42.1 Å². The highest BCUT2D eigenvalue weighted by molar-refractivity contribution is 5.94. The molecule has 3 rings (SSSR count). The standard InChI is InChI=1S/C22H30FN5O/c1-14(2)19-12-21(25-13-24-19)26-16-6-8-17(9-7-16)27-22(29)15-5-10-20(28(3)4)18(23)11-15/h5,10-14,16-17H,6-9H2,1-4H3,(H,27,29)(H,24,25,26). The highest BCUT2D eigenvalue weighted by Crippen LogP contribution is 2.24. The van der Waals surface area contributed by atoms with E-state index in [0.29, 0.717) is 23.2 Å². The average Bonchev–Trinajstić information content (AvgIpc) is 2.69. The normalized spacial score (nSPS) is 19.1. The number of carbonyl (C=O) groups is 1. The molecule has 0 unspecified atom stereocenters. The molecule has 0 spiro atoms. The molecular weight excluding hydrogens is 369 g/mol. The smallest absolute Gasteiger partial charge is 0.251 e. The van der Waals surface area contributed by atoms with E-state index < -0.39 is 0 Å². The van der Waals surface area contributed by atoms with Crippen molar-refractivity contribution >= 4 is 17.4 Å². The number of amides is 1. The molecule has 0 saturated heterocycles. The Morgan fingerprint density at radius 1 is 1.10 bits per heavy atom. The monoisotopic (exact) mass is 399 g/mol. The van der Waals surface area contributed by atoms with Crippen molar-refractivity contribution in [2.24, 2.45) is 0 Å². The van der Waals surface area contributed by atoms with Crippen LogP contribution in [0.25, 0.3) is 0 Å². The molecule has 0 atom stereocenters. The Bertz CT molecular complexity index is 847. The highest BCUT2D eigenvalue weighted by Gasteiger charge is 2.23. The molecule has 0 radical (unpaired) electrons. The molecule has 1 aliphatic rings. The fourth-order valence-corrected chi connectivity index (χ4v) is 3.64. The van der Waals surface area contributed by atoms with E-state index in [0.717, 1.165) is 37.2 Å². The maximum Gasteiger partial charge on any atom is 0.251 e. The summed E-state index contributed by atoms with van der Waals surface area (Å²) in [5.41, 5.74) is 1.85. The third kappa shape index (κ3) is 5.43. The number of nitrogens with zero attached hydrogens (tertiary/aromatic N) is 3. The minimum absolute atomic E-state index is 0.105. The molecule has 29 heavy (non-hydrogen) atoms. The molecule has 2 aromatic rings. The van der Waals surface area contributed by atoms with E-state index in [4.69, 9.17) is 0 Å². The van der Waals surface area contributed by atoms with Crippen LogP contribution in [0.1, 0.15) is 61.5 Å². The molecule has 7 heteroatoms. The fourth-order valence-electron chi connectivity index (χ4n) is 3.64. The molecular formula is C22H30FN5O. The topological polar surface area (TPSA) is 70.2 Å². The lowest BCUT2D eigenvalue weighted by molar-refractivity contribution is 0.0926. The first kappa shape index (κ1) is 21.0. The van der Waals surface area contributed by atoms with Crippen molar-refractivity contribution in [2.45, 2.75) is 57.5 Å². The van der Waals surface area contributed by atoms with E-state index in [9.17, 15) is 9.18 Å². The van der Waals surface area contributed by atoms with Gasteiger partial charge < -0.3 is 15.5 Å². The molecule has 6 nitrogen and oxygen atoms in total. The molecule has 1 aromatic carbocycles. The minimum atomic E-state index is -0.388. The molecule has 2 N–H and O–H groups in total. The first-order valence-electron chi connectivity index (χ1n) is 10.2. The number of hydrogen-bond acceptors (Lipinski definition) is 5. The molecule has 1 aliphatic carbocycles. The molecule has 1 saturated carbocycles. The number of nitrogens with one attached hydrogen (secondary N) is 2. The van der Waals surface area contributed by atoms with Gasteiger partial charge in [-0.3, -0.25) is 4.79 Å². The number of carbonyl (C=O) groups excluding carboxylic acids is 1. The van der Waals surface area contributed by atoms with Crippen LogP contribution in [0.2, 0.25) is 0 Å². The van der Waals surface area contributed by atoms with E-state index in [1.165, 1.54) is 6.07 Å². The lowest BCUT2D eigenvalue weighted by Gasteiger charge is -2.30. The van der Waals surface area contributed by atoms with Crippen LogP contribution >= 0.6 is 0 Å². The number of anilines is 2. The Kier molecular flexibility index (Phi) is 6.67. The number of rotatable bonds is 6. The van der Waals surface area contributed by atoms with Crippen LogP contribution in [-0.2, 0) is 0 Å². The van der Waals surface area contributed by atoms with Gasteiger partial charge in [-0.2, -0.15) is 0 Å². The van der Waals surface area contributed by atoms with Gasteiger partial charge in [0.1, 0.15) is 18.0 Å². The fraction of sp³-hybridized carbons (Fsp3) is 0.500. The summed E-state index contributed by atoms with van der Waals surface area (Å²) >= 11 is 0. The lowest BCUT2D eigenvalue weighted by Crippen LogP contribution is -2.40. The minimum Gasteiger partial charge on any atom is -0.375 e. The quantitative estimate of drug-likeness (QED) is 0.769. The van der Waals surface area contributed by atoms with E-state index in [-0.39, 0.29) is 17.8 Å². The highest BCUT2D eigenvalue weighted by atomic mass is 19.1. The van der Waals surface area contributed by atoms with Crippen LogP contribution in [0, 0.1) is 5.82 Å². The molecule has 0 aliphatic heterocycles. The van der Waals surface area contributed by atoms with Crippen molar-refractivity contribution < 1.29 is 9.18 Å². The predicted molar refractivity (Wildman–Crippen MR) is 114 cm³/mol. The Balaban J connectivity index is 1.51. The summed E-state index contributed by atoms with van der Waals surface area (Å²) < 4.78 is 14.1. The third-order valence-electron chi connectivity index (χ3n) is 5.39. The summed E-state index contributed by atoms with van der Waals surface area (Å²) in [7, 11) is 3.55. The van der Waals surface area contributed by atoms with Gasteiger partial charge in [-0.25, -0.2) is 14.4 Å². The van der Waals surface area contributed by atoms with Crippen LogP contribution in [0.4, 0.5) is 15.9 Å². The zero-order valence-electron chi connectivity index (χ0n) is 17.6. The summed E-state index contributed by atoms with van der Waals surface area (Å²) in [6, 6.07) is 7.05. The Morgan fingerprint density at radius 3 is 2.41 bits per heavy atom. The number of hydrogen-bond donors (Lipinski definition) is 2. The largest absolute Gasteiger partial charge is 0.375 e. The van der Waals surface area contributed by atoms with Gasteiger partial charge in [-0.05, 0) is 49.8 Å². The molecule has 156 valence electrons. The number of aromatic nitrogens is 2. The second kappa shape index (κ2) is 9.20. The molecule has 1 amide bonds. The molecule has 1 heterocycles. The Hall–Kier alpha value is -2.70. The first-order valence-corrected chi connectivity index (χ1v) is 10.2.